The maximum Gasteiger partial charge on any atom is 0.433 e. The summed E-state index contributed by atoms with van der Waals surface area (Å²) in [7, 11) is 1.67. The average molecular weight is 464 g/mol. The fourth-order valence-electron chi connectivity index (χ4n) is 3.20. The van der Waals surface area contributed by atoms with Crippen LogP contribution >= 0.6 is 0 Å². The lowest BCUT2D eigenvalue weighted by molar-refractivity contribution is -0.141. The van der Waals surface area contributed by atoms with E-state index < -0.39 is 17.8 Å². The smallest absolute Gasteiger partial charge is 0.393 e. The zero-order valence-corrected chi connectivity index (χ0v) is 18.2. The highest BCUT2D eigenvalue weighted by Crippen LogP contribution is 2.30. The number of hydrogen-bond acceptors (Lipinski definition) is 6. The Bertz CT molecular complexity index is 1330. The number of pyridine rings is 2. The molecule has 3 rings (SSSR count). The third kappa shape index (κ3) is 5.27. The van der Waals surface area contributed by atoms with Gasteiger partial charge < -0.3 is 16.0 Å². The largest absolute Gasteiger partial charge is 0.433 e. The van der Waals surface area contributed by atoms with Crippen molar-refractivity contribution in [2.24, 2.45) is 0 Å². The van der Waals surface area contributed by atoms with Crippen LogP contribution in [0.3, 0.4) is 0 Å². The van der Waals surface area contributed by atoms with Crippen LogP contribution in [-0.2, 0) is 6.18 Å². The molecule has 0 bridgehead atoms. The average Bonchev–Trinajstić information content (AvgIpc) is 2.83. The number of benzene rings is 1. The van der Waals surface area contributed by atoms with Crippen molar-refractivity contribution >= 4 is 23.4 Å². The molecule has 7 nitrogen and oxygen atoms in total. The molecule has 0 spiro atoms. The van der Waals surface area contributed by atoms with Crippen molar-refractivity contribution in [3.63, 3.8) is 0 Å². The van der Waals surface area contributed by atoms with Crippen LogP contribution < -0.4 is 10.6 Å². The van der Waals surface area contributed by atoms with Gasteiger partial charge in [0.2, 0.25) is 0 Å². The number of aryl methyl sites for hydroxylation is 1. The summed E-state index contributed by atoms with van der Waals surface area (Å²) < 4.78 is 38.7. The molecule has 0 saturated carbocycles. The number of carbonyl (C=O) groups is 1. The van der Waals surface area contributed by atoms with Crippen LogP contribution in [0.15, 0.2) is 55.0 Å². The van der Waals surface area contributed by atoms with Crippen LogP contribution in [0.1, 0.15) is 32.9 Å². The molecule has 0 saturated heterocycles. The Morgan fingerprint density at radius 3 is 2.59 bits per heavy atom. The topological polar surface area (TPSA) is 115 Å². The van der Waals surface area contributed by atoms with Gasteiger partial charge in [0.15, 0.2) is 0 Å². The molecule has 0 aliphatic rings. The number of allylic oxidation sites excluding steroid dienone is 1. The Labute approximate surface area is 193 Å². The summed E-state index contributed by atoms with van der Waals surface area (Å²) in [6.45, 7) is 1.84. The Morgan fingerprint density at radius 2 is 1.94 bits per heavy atom. The van der Waals surface area contributed by atoms with Gasteiger partial charge in [-0.25, -0.2) is 0 Å². The number of alkyl halides is 3. The van der Waals surface area contributed by atoms with E-state index >= 15 is 0 Å². The van der Waals surface area contributed by atoms with Crippen molar-refractivity contribution in [3.8, 4) is 17.2 Å². The van der Waals surface area contributed by atoms with Gasteiger partial charge in [-0.05, 0) is 48.4 Å². The maximum atomic E-state index is 12.9. The summed E-state index contributed by atoms with van der Waals surface area (Å²) in [6.07, 6.45) is 0.463. The molecular weight excluding hydrogens is 445 g/mol. The third-order valence-corrected chi connectivity index (χ3v) is 4.86. The van der Waals surface area contributed by atoms with Gasteiger partial charge in [-0.2, -0.15) is 18.4 Å². The number of nitrogens with one attached hydrogen (secondary N) is 3. The standard InChI is InChI=1S/C24H19F3N6O/c1-14-3-4-19(33-23(34)15-5-6-31-21(8-15)24(25,26)27)9-20(14)17-7-16(10-28)22(32-13-17)18(11-29)12-30-2/h3-9,11-13,29-30H,1-2H3,(H,33,34)/b18-12+,29-11?. The van der Waals surface area contributed by atoms with Crippen LogP contribution in [0.25, 0.3) is 16.7 Å². The zero-order chi connectivity index (χ0) is 24.9. The first-order valence-electron chi connectivity index (χ1n) is 9.92. The van der Waals surface area contributed by atoms with Crippen molar-refractivity contribution in [2.75, 3.05) is 12.4 Å². The van der Waals surface area contributed by atoms with Crippen LogP contribution in [0.4, 0.5) is 18.9 Å². The molecule has 10 heteroatoms. The van der Waals surface area contributed by atoms with Crippen LogP contribution in [-0.4, -0.2) is 29.1 Å². The predicted octanol–water partition coefficient (Wildman–Crippen LogP) is 4.80. The minimum absolute atomic E-state index is 0.183. The molecule has 0 atom stereocenters. The van der Waals surface area contributed by atoms with E-state index in [1.165, 1.54) is 6.07 Å². The van der Waals surface area contributed by atoms with Crippen molar-refractivity contribution < 1.29 is 18.0 Å². The van der Waals surface area contributed by atoms with E-state index in [1.54, 1.807) is 43.7 Å². The second kappa shape index (κ2) is 9.95. The second-order valence-electron chi connectivity index (χ2n) is 7.18. The first-order chi connectivity index (χ1) is 16.2. The van der Waals surface area contributed by atoms with Crippen LogP contribution in [0.5, 0.6) is 0 Å². The Balaban J connectivity index is 1.94. The molecule has 172 valence electrons. The highest BCUT2D eigenvalue weighted by molar-refractivity contribution is 6.08. The van der Waals surface area contributed by atoms with Crippen LogP contribution in [0.2, 0.25) is 0 Å². The molecule has 0 unspecified atom stereocenters. The van der Waals surface area contributed by atoms with E-state index in [-0.39, 0.29) is 11.1 Å². The number of amides is 1. The zero-order valence-electron chi connectivity index (χ0n) is 18.2. The SMILES string of the molecule is CN/C=C(\C=N)c1ncc(-c2cc(NC(=O)c3ccnc(C(F)(F)F)c3)ccc2C)cc1C#N. The Hall–Kier alpha value is -4.52. The van der Waals surface area contributed by atoms with Gasteiger partial charge >= 0.3 is 6.18 Å². The summed E-state index contributed by atoms with van der Waals surface area (Å²) in [6, 6.07) is 10.6. The van der Waals surface area contributed by atoms with Crippen molar-refractivity contribution in [1.29, 1.82) is 10.7 Å². The molecule has 1 amide bonds. The molecule has 0 radical (unpaired) electrons. The fraction of sp³-hybridized carbons (Fsp3) is 0.125. The van der Waals surface area contributed by atoms with Gasteiger partial charge in [-0.1, -0.05) is 6.07 Å². The number of nitrogens with zero attached hydrogens (tertiary/aromatic N) is 3. The first kappa shape index (κ1) is 24.1. The molecule has 0 aliphatic heterocycles. The number of hydrogen-bond donors (Lipinski definition) is 3. The summed E-state index contributed by atoms with van der Waals surface area (Å²) in [5, 5.41) is 22.5. The number of rotatable bonds is 6. The highest BCUT2D eigenvalue weighted by atomic mass is 19.4. The minimum atomic E-state index is -4.66. The number of anilines is 1. The number of nitriles is 1. The number of aromatic nitrogens is 2. The molecule has 2 heterocycles. The Morgan fingerprint density at radius 1 is 1.18 bits per heavy atom. The fourth-order valence-corrected chi connectivity index (χ4v) is 3.20. The Kier molecular flexibility index (Phi) is 7.06. The van der Waals surface area contributed by atoms with Gasteiger partial charge in [0.25, 0.3) is 5.91 Å². The first-order valence-corrected chi connectivity index (χ1v) is 9.92. The lowest BCUT2D eigenvalue weighted by Gasteiger charge is -2.12. The van der Waals surface area contributed by atoms with Crippen LogP contribution in [0, 0.1) is 23.7 Å². The summed E-state index contributed by atoms with van der Waals surface area (Å²) in [5.74, 6) is -0.721. The van der Waals surface area contributed by atoms with E-state index in [2.05, 4.69) is 26.7 Å². The minimum Gasteiger partial charge on any atom is -0.393 e. The van der Waals surface area contributed by atoms with Gasteiger partial charge in [0, 0.05) is 54.2 Å². The maximum absolute atomic E-state index is 12.9. The van der Waals surface area contributed by atoms with Crippen molar-refractivity contribution in [1.82, 2.24) is 15.3 Å². The molecule has 0 fully saturated rings. The van der Waals surface area contributed by atoms with Gasteiger partial charge in [0.1, 0.15) is 11.8 Å². The molecule has 34 heavy (non-hydrogen) atoms. The highest BCUT2D eigenvalue weighted by Gasteiger charge is 2.33. The van der Waals surface area contributed by atoms with E-state index in [0.29, 0.717) is 34.1 Å². The third-order valence-electron chi connectivity index (χ3n) is 4.86. The van der Waals surface area contributed by atoms with E-state index in [4.69, 9.17) is 5.41 Å². The number of halogens is 3. The summed E-state index contributed by atoms with van der Waals surface area (Å²) >= 11 is 0. The van der Waals surface area contributed by atoms with Crippen molar-refractivity contribution in [2.45, 2.75) is 13.1 Å². The quantitative estimate of drug-likeness (QED) is 0.453. The molecule has 3 aromatic rings. The van der Waals surface area contributed by atoms with Gasteiger partial charge in [-0.3, -0.25) is 14.8 Å². The van der Waals surface area contributed by atoms with E-state index in [9.17, 15) is 23.2 Å². The molecule has 1 aromatic carbocycles. The predicted molar refractivity (Wildman–Crippen MR) is 122 cm³/mol. The number of carbonyl (C=O) groups excluding carboxylic acids is 1. The summed E-state index contributed by atoms with van der Waals surface area (Å²) in [5.41, 5.74) is 2.16. The van der Waals surface area contributed by atoms with Gasteiger partial charge in [-0.15, -0.1) is 0 Å². The van der Waals surface area contributed by atoms with E-state index in [1.807, 2.05) is 6.92 Å². The lowest BCUT2D eigenvalue weighted by Crippen LogP contribution is -2.15. The molecule has 3 N–H and O–H groups in total. The summed E-state index contributed by atoms with van der Waals surface area (Å²) in [4.78, 5) is 20.1. The van der Waals surface area contributed by atoms with Crippen molar-refractivity contribution in [3.05, 3.63) is 83.1 Å². The normalized spacial score (nSPS) is 11.5. The van der Waals surface area contributed by atoms with Gasteiger partial charge in [0.05, 0.1) is 11.3 Å². The second-order valence-corrected chi connectivity index (χ2v) is 7.18. The molecule has 2 aromatic heterocycles. The monoisotopic (exact) mass is 464 g/mol. The molecular formula is C24H19F3N6O. The molecule has 0 aliphatic carbocycles. The van der Waals surface area contributed by atoms with E-state index in [0.717, 1.165) is 18.0 Å². The lowest BCUT2D eigenvalue weighted by atomic mass is 9.98.